The number of nitrogens with zero attached hydrogens (tertiary/aromatic N) is 3. The average molecular weight is 354 g/mol. The van der Waals surface area contributed by atoms with Crippen LogP contribution in [-0.4, -0.2) is 41.6 Å². The summed E-state index contributed by atoms with van der Waals surface area (Å²) in [6.45, 7) is 0.579. The van der Waals surface area contributed by atoms with Crippen LogP contribution in [0.25, 0.3) is 0 Å². The lowest BCUT2D eigenvalue weighted by Gasteiger charge is -2.32. The van der Waals surface area contributed by atoms with Crippen LogP contribution < -0.4 is 0 Å². The van der Waals surface area contributed by atoms with Crippen molar-refractivity contribution >= 4 is 10.0 Å². The van der Waals surface area contributed by atoms with Crippen molar-refractivity contribution in [2.45, 2.75) is 36.8 Å². The summed E-state index contributed by atoms with van der Waals surface area (Å²) < 4.78 is 46.1. The second-order valence-electron chi connectivity index (χ2n) is 5.63. The summed E-state index contributed by atoms with van der Waals surface area (Å²) in [6.07, 6.45) is 2.18. The fourth-order valence-electron chi connectivity index (χ4n) is 2.89. The van der Waals surface area contributed by atoms with Gasteiger partial charge < -0.3 is 4.74 Å². The fraction of sp³-hybridized carbons (Fsp3) is 0.467. The van der Waals surface area contributed by atoms with Crippen LogP contribution in [0.1, 0.15) is 37.0 Å². The van der Waals surface area contributed by atoms with Gasteiger partial charge in [-0.1, -0.05) is 18.6 Å². The topological polar surface area (TPSA) is 88.2 Å². The van der Waals surface area contributed by atoms with Crippen molar-refractivity contribution in [3.8, 4) is 0 Å². The molecule has 9 heteroatoms. The Morgan fingerprint density at radius 3 is 2.92 bits per heavy atom. The van der Waals surface area contributed by atoms with Crippen molar-refractivity contribution in [2.24, 2.45) is 0 Å². The van der Waals surface area contributed by atoms with Crippen LogP contribution in [0.4, 0.5) is 4.39 Å². The SMILES string of the molecule is COCc1nc(C2CCCCN2S(=O)(=O)c2ccccc2F)n[nH]1. The molecule has 1 aromatic heterocycles. The summed E-state index contributed by atoms with van der Waals surface area (Å²) in [5, 5.41) is 6.87. The third-order valence-electron chi connectivity index (χ3n) is 4.01. The summed E-state index contributed by atoms with van der Waals surface area (Å²) in [7, 11) is -2.42. The number of rotatable bonds is 5. The lowest BCUT2D eigenvalue weighted by atomic mass is 10.0. The van der Waals surface area contributed by atoms with Gasteiger partial charge in [-0.15, -0.1) is 0 Å². The van der Waals surface area contributed by atoms with Gasteiger partial charge in [0.2, 0.25) is 10.0 Å². The molecule has 1 aliphatic heterocycles. The molecule has 1 fully saturated rings. The number of piperidine rings is 1. The molecule has 0 bridgehead atoms. The third-order valence-corrected chi connectivity index (χ3v) is 5.95. The number of ether oxygens (including phenoxy) is 1. The van der Waals surface area contributed by atoms with Crippen molar-refractivity contribution in [2.75, 3.05) is 13.7 Å². The average Bonchev–Trinajstić information content (AvgIpc) is 3.04. The van der Waals surface area contributed by atoms with Gasteiger partial charge in [0.05, 0.1) is 6.04 Å². The smallest absolute Gasteiger partial charge is 0.246 e. The molecular weight excluding hydrogens is 335 g/mol. The second-order valence-corrected chi connectivity index (χ2v) is 7.49. The Morgan fingerprint density at radius 2 is 2.17 bits per heavy atom. The lowest BCUT2D eigenvalue weighted by Crippen LogP contribution is -2.39. The minimum Gasteiger partial charge on any atom is -0.377 e. The number of benzene rings is 1. The van der Waals surface area contributed by atoms with E-state index in [0.29, 0.717) is 24.6 Å². The van der Waals surface area contributed by atoms with E-state index in [0.717, 1.165) is 18.9 Å². The Hall–Kier alpha value is -1.84. The summed E-state index contributed by atoms with van der Waals surface area (Å²) >= 11 is 0. The van der Waals surface area contributed by atoms with Gasteiger partial charge in [-0.3, -0.25) is 5.10 Å². The summed E-state index contributed by atoms with van der Waals surface area (Å²) in [5.74, 6) is 0.167. The number of sulfonamides is 1. The maximum absolute atomic E-state index is 14.0. The number of aromatic nitrogens is 3. The number of halogens is 1. The minimum atomic E-state index is -3.96. The fourth-order valence-corrected chi connectivity index (χ4v) is 4.61. The van der Waals surface area contributed by atoms with Crippen LogP contribution in [0, 0.1) is 5.82 Å². The quantitative estimate of drug-likeness (QED) is 0.887. The molecule has 130 valence electrons. The Balaban J connectivity index is 1.96. The van der Waals surface area contributed by atoms with Gasteiger partial charge in [0.1, 0.15) is 17.3 Å². The van der Waals surface area contributed by atoms with Gasteiger partial charge >= 0.3 is 0 Å². The highest BCUT2D eigenvalue weighted by molar-refractivity contribution is 7.89. The first-order valence-corrected chi connectivity index (χ1v) is 9.14. The zero-order chi connectivity index (χ0) is 17.2. The number of hydrogen-bond acceptors (Lipinski definition) is 5. The molecule has 0 saturated carbocycles. The molecule has 1 N–H and O–H groups in total. The predicted molar refractivity (Wildman–Crippen MR) is 84.0 cm³/mol. The first-order valence-electron chi connectivity index (χ1n) is 7.70. The summed E-state index contributed by atoms with van der Waals surface area (Å²) in [6, 6.07) is 4.90. The Morgan fingerprint density at radius 1 is 1.38 bits per heavy atom. The van der Waals surface area contributed by atoms with E-state index in [9.17, 15) is 12.8 Å². The molecule has 7 nitrogen and oxygen atoms in total. The monoisotopic (exact) mass is 354 g/mol. The van der Waals surface area contributed by atoms with E-state index >= 15 is 0 Å². The maximum atomic E-state index is 14.0. The van der Waals surface area contributed by atoms with E-state index in [1.165, 1.54) is 29.6 Å². The van der Waals surface area contributed by atoms with Gasteiger partial charge in [0.15, 0.2) is 11.6 Å². The van der Waals surface area contributed by atoms with Gasteiger partial charge in [0.25, 0.3) is 0 Å². The van der Waals surface area contributed by atoms with E-state index in [4.69, 9.17) is 4.74 Å². The van der Waals surface area contributed by atoms with E-state index in [1.54, 1.807) is 0 Å². The normalized spacial score (nSPS) is 19.5. The van der Waals surface area contributed by atoms with Crippen LogP contribution in [0.3, 0.4) is 0 Å². The zero-order valence-corrected chi connectivity index (χ0v) is 14.1. The highest BCUT2D eigenvalue weighted by Gasteiger charge is 2.37. The van der Waals surface area contributed by atoms with Crippen molar-refractivity contribution in [3.63, 3.8) is 0 Å². The molecule has 1 unspecified atom stereocenters. The number of nitrogens with one attached hydrogen (secondary N) is 1. The van der Waals surface area contributed by atoms with E-state index in [2.05, 4.69) is 15.2 Å². The molecular formula is C15H19FN4O3S. The molecule has 0 radical (unpaired) electrons. The van der Waals surface area contributed by atoms with Crippen LogP contribution in [-0.2, 0) is 21.4 Å². The molecule has 1 atom stereocenters. The first kappa shape index (κ1) is 17.0. The molecule has 2 heterocycles. The zero-order valence-electron chi connectivity index (χ0n) is 13.3. The summed E-state index contributed by atoms with van der Waals surface area (Å²) in [5.41, 5.74) is 0. The van der Waals surface area contributed by atoms with Crippen molar-refractivity contribution in [1.82, 2.24) is 19.5 Å². The largest absolute Gasteiger partial charge is 0.377 e. The van der Waals surface area contributed by atoms with Crippen LogP contribution in [0.2, 0.25) is 0 Å². The first-order chi connectivity index (χ1) is 11.5. The van der Waals surface area contributed by atoms with Crippen molar-refractivity contribution in [1.29, 1.82) is 0 Å². The summed E-state index contributed by atoms with van der Waals surface area (Å²) in [4.78, 5) is 4.00. The van der Waals surface area contributed by atoms with Crippen LogP contribution in [0.15, 0.2) is 29.2 Å². The number of hydrogen-bond donors (Lipinski definition) is 1. The maximum Gasteiger partial charge on any atom is 0.246 e. The molecule has 1 aliphatic rings. The van der Waals surface area contributed by atoms with Gasteiger partial charge in [-0.2, -0.15) is 9.40 Å². The number of aromatic amines is 1. The van der Waals surface area contributed by atoms with Crippen LogP contribution >= 0.6 is 0 Å². The van der Waals surface area contributed by atoms with Gasteiger partial charge in [-0.25, -0.2) is 17.8 Å². The van der Waals surface area contributed by atoms with Crippen LogP contribution in [0.5, 0.6) is 0 Å². The van der Waals surface area contributed by atoms with E-state index in [-0.39, 0.29) is 11.5 Å². The van der Waals surface area contributed by atoms with Crippen molar-refractivity contribution in [3.05, 3.63) is 41.7 Å². The van der Waals surface area contributed by atoms with E-state index in [1.807, 2.05) is 0 Å². The third kappa shape index (κ3) is 3.19. The molecule has 0 amide bonds. The molecule has 24 heavy (non-hydrogen) atoms. The van der Waals surface area contributed by atoms with Crippen molar-refractivity contribution < 1.29 is 17.5 Å². The predicted octanol–water partition coefficient (Wildman–Crippen LogP) is 2.01. The Bertz CT molecular complexity index is 809. The molecule has 2 aromatic rings. The van der Waals surface area contributed by atoms with E-state index < -0.39 is 21.9 Å². The lowest BCUT2D eigenvalue weighted by molar-refractivity contribution is 0.177. The molecule has 0 spiro atoms. The number of H-pyrrole nitrogens is 1. The minimum absolute atomic E-state index is 0.264. The Kier molecular flexibility index (Phi) is 4.93. The second kappa shape index (κ2) is 6.96. The molecule has 1 aromatic carbocycles. The highest BCUT2D eigenvalue weighted by atomic mass is 32.2. The number of methoxy groups -OCH3 is 1. The standard InChI is InChI=1S/C15H19FN4O3S/c1-23-10-14-17-15(19-18-14)12-7-4-5-9-20(12)24(21,22)13-8-3-2-6-11(13)16/h2-3,6,8,12H,4-5,7,9-10H2,1H3,(H,17,18,19). The highest BCUT2D eigenvalue weighted by Crippen LogP contribution is 2.34. The van der Waals surface area contributed by atoms with Gasteiger partial charge in [0, 0.05) is 13.7 Å². The molecule has 0 aliphatic carbocycles. The molecule has 3 rings (SSSR count). The molecule has 1 saturated heterocycles. The van der Waals surface area contributed by atoms with Gasteiger partial charge in [-0.05, 0) is 25.0 Å². The Labute approximate surface area is 139 Å².